The van der Waals surface area contributed by atoms with Crippen molar-refractivity contribution in [1.82, 2.24) is 14.9 Å². The molecule has 0 radical (unpaired) electrons. The van der Waals surface area contributed by atoms with Gasteiger partial charge in [0.15, 0.2) is 0 Å². The second kappa shape index (κ2) is 9.57. The van der Waals surface area contributed by atoms with E-state index in [9.17, 15) is 22.8 Å². The summed E-state index contributed by atoms with van der Waals surface area (Å²) in [6.45, 7) is 2.87. The van der Waals surface area contributed by atoms with Gasteiger partial charge >= 0.3 is 0 Å². The molecule has 9 heteroatoms. The predicted molar refractivity (Wildman–Crippen MR) is 144 cm³/mol. The van der Waals surface area contributed by atoms with Gasteiger partial charge in [-0.2, -0.15) is 0 Å². The number of nitrogens with one attached hydrogen (secondary N) is 1. The molecule has 6 nitrogen and oxygen atoms in total. The molecule has 1 saturated carbocycles. The van der Waals surface area contributed by atoms with Gasteiger partial charge < -0.3 is 10.2 Å². The molecule has 1 fully saturated rings. The third-order valence-electron chi connectivity index (χ3n) is 8.86. The highest BCUT2D eigenvalue weighted by Gasteiger charge is 2.59. The number of anilines is 1. The largest absolute Gasteiger partial charge is 0.332 e. The molecule has 0 bridgehead atoms. The van der Waals surface area contributed by atoms with Gasteiger partial charge in [-0.05, 0) is 66.6 Å². The molecule has 206 valence electrons. The van der Waals surface area contributed by atoms with Crippen LogP contribution in [-0.2, 0) is 27.8 Å². The predicted octanol–water partition coefficient (Wildman–Crippen LogP) is 5.34. The van der Waals surface area contributed by atoms with E-state index in [4.69, 9.17) is 0 Å². The number of halogens is 3. The Morgan fingerprint density at radius 1 is 1.20 bits per heavy atom. The van der Waals surface area contributed by atoms with Crippen LogP contribution in [-0.4, -0.2) is 39.9 Å². The Kier molecular flexibility index (Phi) is 6.27. The fourth-order valence-corrected chi connectivity index (χ4v) is 6.26. The van der Waals surface area contributed by atoms with E-state index in [-0.39, 0.29) is 24.3 Å². The number of alkyl halides is 1. The minimum atomic E-state index is -1.09. The Morgan fingerprint density at radius 2 is 1.95 bits per heavy atom. The van der Waals surface area contributed by atoms with Crippen molar-refractivity contribution in [3.8, 4) is 0 Å². The standard InChI is InChI=1S/C31H29F3N4O2/c1-18-13-31(18,17-32)29(40)38(19(2)21-10-23(33)12-24(34)11-21)8-4-5-20-9-22-14-30(15-26(22)36-16-20)25-6-3-7-35-27(25)37-28(30)39/h3-7,9-12,16,18-19H,8,13-15,17H2,1-2H3,(H,35,37,39). The summed E-state index contributed by atoms with van der Waals surface area (Å²) < 4.78 is 42.0. The van der Waals surface area contributed by atoms with Crippen molar-refractivity contribution in [1.29, 1.82) is 0 Å². The minimum absolute atomic E-state index is 0.0793. The summed E-state index contributed by atoms with van der Waals surface area (Å²) in [5, 5.41) is 2.89. The molecule has 2 amide bonds. The maximum Gasteiger partial charge on any atom is 0.237 e. The summed E-state index contributed by atoms with van der Waals surface area (Å²) in [4.78, 5) is 36.9. The molecule has 40 heavy (non-hydrogen) atoms. The molecule has 1 N–H and O–H groups in total. The van der Waals surface area contributed by atoms with Crippen molar-refractivity contribution >= 4 is 23.7 Å². The molecule has 4 unspecified atom stereocenters. The smallest absolute Gasteiger partial charge is 0.237 e. The Hall–Kier alpha value is -4.01. The zero-order valence-electron chi connectivity index (χ0n) is 22.3. The number of aromatic nitrogens is 2. The first-order valence-electron chi connectivity index (χ1n) is 13.4. The van der Waals surface area contributed by atoms with E-state index in [1.807, 2.05) is 31.2 Å². The number of hydrogen-bond donors (Lipinski definition) is 1. The van der Waals surface area contributed by atoms with Crippen molar-refractivity contribution < 1.29 is 22.8 Å². The van der Waals surface area contributed by atoms with Gasteiger partial charge in [-0.1, -0.05) is 25.1 Å². The van der Waals surface area contributed by atoms with Crippen molar-refractivity contribution in [3.05, 3.63) is 94.5 Å². The Balaban J connectivity index is 1.24. The third kappa shape index (κ3) is 4.19. The van der Waals surface area contributed by atoms with Gasteiger partial charge in [-0.3, -0.25) is 14.6 Å². The first-order valence-corrected chi connectivity index (χ1v) is 13.4. The number of fused-ring (bicyclic) bond motifs is 3. The average molecular weight is 547 g/mol. The highest BCUT2D eigenvalue weighted by molar-refractivity contribution is 6.06. The van der Waals surface area contributed by atoms with Crippen LogP contribution in [0.5, 0.6) is 0 Å². The number of rotatable bonds is 7. The molecule has 1 aliphatic heterocycles. The van der Waals surface area contributed by atoms with Crippen LogP contribution in [0.3, 0.4) is 0 Å². The second-order valence-corrected chi connectivity index (χ2v) is 11.3. The highest BCUT2D eigenvalue weighted by Crippen LogP contribution is 2.54. The zero-order chi connectivity index (χ0) is 28.2. The summed E-state index contributed by atoms with van der Waals surface area (Å²) in [7, 11) is 0. The molecule has 0 saturated heterocycles. The molecule has 4 atom stereocenters. The Labute approximate surface area is 230 Å². The lowest BCUT2D eigenvalue weighted by atomic mass is 9.80. The van der Waals surface area contributed by atoms with Crippen molar-refractivity contribution in [3.63, 3.8) is 0 Å². The molecule has 6 rings (SSSR count). The fraction of sp³-hybridized carbons (Fsp3) is 0.355. The number of hydrogen-bond acceptors (Lipinski definition) is 4. The number of benzene rings is 1. The SMILES string of the molecule is CC(c1cc(F)cc(F)c1)N(CC=Cc1cnc2c(c1)CC1(C2)C(=O)Nc2ncccc21)C(=O)C1(CF)CC1C. The monoisotopic (exact) mass is 546 g/mol. The van der Waals surface area contributed by atoms with Crippen LogP contribution in [0.1, 0.15) is 54.3 Å². The van der Waals surface area contributed by atoms with Crippen molar-refractivity contribution in [2.45, 2.75) is 44.6 Å². The maximum absolute atomic E-state index is 14.0. The van der Waals surface area contributed by atoms with Gasteiger partial charge in [-0.15, -0.1) is 0 Å². The lowest BCUT2D eigenvalue weighted by molar-refractivity contribution is -0.139. The molecule has 2 aromatic heterocycles. The number of pyridine rings is 2. The normalized spacial score (nSPS) is 25.1. The van der Waals surface area contributed by atoms with Crippen LogP contribution >= 0.6 is 0 Å². The third-order valence-corrected chi connectivity index (χ3v) is 8.86. The van der Waals surface area contributed by atoms with Crippen LogP contribution in [0.2, 0.25) is 0 Å². The molecule has 1 spiro atoms. The second-order valence-electron chi connectivity index (χ2n) is 11.3. The molecule has 3 aliphatic rings. The average Bonchev–Trinajstić information content (AvgIpc) is 3.33. The first-order chi connectivity index (χ1) is 19.2. The molecule has 2 aliphatic carbocycles. The molecule has 3 heterocycles. The quantitative estimate of drug-likeness (QED) is 0.434. The fourth-order valence-electron chi connectivity index (χ4n) is 6.26. The van der Waals surface area contributed by atoms with Gasteiger partial charge in [0.05, 0.1) is 16.9 Å². The maximum atomic E-state index is 14.0. The lowest BCUT2D eigenvalue weighted by Gasteiger charge is -2.32. The number of nitrogens with zero attached hydrogens (tertiary/aromatic N) is 3. The van der Waals surface area contributed by atoms with Gasteiger partial charge in [-0.25, -0.2) is 18.2 Å². The first kappa shape index (κ1) is 26.2. The zero-order valence-corrected chi connectivity index (χ0v) is 22.3. The minimum Gasteiger partial charge on any atom is -0.332 e. The Morgan fingerprint density at radius 3 is 2.65 bits per heavy atom. The van der Waals surface area contributed by atoms with E-state index in [0.717, 1.165) is 28.5 Å². The summed E-state index contributed by atoms with van der Waals surface area (Å²) in [5.74, 6) is -1.42. The van der Waals surface area contributed by atoms with Crippen LogP contribution in [0.4, 0.5) is 19.0 Å². The summed E-state index contributed by atoms with van der Waals surface area (Å²) in [6.07, 6.45) is 8.40. The van der Waals surface area contributed by atoms with Crippen LogP contribution in [0.15, 0.2) is 54.9 Å². The van der Waals surface area contributed by atoms with Gasteiger partial charge in [0.1, 0.15) is 24.1 Å². The van der Waals surface area contributed by atoms with Crippen LogP contribution in [0.25, 0.3) is 6.08 Å². The van der Waals surface area contributed by atoms with E-state index in [1.165, 1.54) is 17.0 Å². The van der Waals surface area contributed by atoms with Crippen molar-refractivity contribution in [2.24, 2.45) is 11.3 Å². The number of amides is 2. The van der Waals surface area contributed by atoms with Crippen molar-refractivity contribution in [2.75, 3.05) is 18.5 Å². The topological polar surface area (TPSA) is 75.2 Å². The lowest BCUT2D eigenvalue weighted by Crippen LogP contribution is -2.41. The van der Waals surface area contributed by atoms with Gasteiger partial charge in [0.25, 0.3) is 0 Å². The van der Waals surface area contributed by atoms with E-state index in [2.05, 4.69) is 15.3 Å². The van der Waals surface area contributed by atoms with E-state index >= 15 is 0 Å². The number of carbonyl (C=O) groups is 2. The van der Waals surface area contributed by atoms with E-state index < -0.39 is 35.2 Å². The van der Waals surface area contributed by atoms with Gasteiger partial charge in [0.2, 0.25) is 11.8 Å². The van der Waals surface area contributed by atoms with Crippen LogP contribution in [0, 0.1) is 23.0 Å². The molecular weight excluding hydrogens is 517 g/mol. The molecule has 3 aromatic rings. The molecular formula is C31H29F3N4O2. The summed E-state index contributed by atoms with van der Waals surface area (Å²) >= 11 is 0. The summed E-state index contributed by atoms with van der Waals surface area (Å²) in [6, 6.07) is 8.24. The Bertz CT molecular complexity index is 1540. The van der Waals surface area contributed by atoms with Crippen LogP contribution < -0.4 is 5.32 Å². The van der Waals surface area contributed by atoms with E-state index in [0.29, 0.717) is 30.6 Å². The summed E-state index contributed by atoms with van der Waals surface area (Å²) in [5.41, 5.74) is 1.98. The highest BCUT2D eigenvalue weighted by atomic mass is 19.1. The van der Waals surface area contributed by atoms with E-state index in [1.54, 1.807) is 25.4 Å². The number of carbonyl (C=O) groups excluding carboxylic acids is 2. The molecule has 1 aromatic carbocycles. The van der Waals surface area contributed by atoms with Gasteiger partial charge in [0, 0.05) is 42.7 Å².